The summed E-state index contributed by atoms with van der Waals surface area (Å²) in [4.78, 5) is 15.7. The Hall–Kier alpha value is -4.21. The number of benzene rings is 3. The second-order valence-electron chi connectivity index (χ2n) is 9.31. The Morgan fingerprint density at radius 2 is 1.29 bits per heavy atom. The Balaban J connectivity index is 1.96. The number of carbonyl (C=O) groups is 1. The first-order chi connectivity index (χ1) is 19.6. The van der Waals surface area contributed by atoms with E-state index < -0.39 is 55.8 Å². The molecule has 0 unspecified atom stereocenters. The van der Waals surface area contributed by atoms with Gasteiger partial charge in [0.25, 0.3) is 26.0 Å². The molecule has 1 amide bonds. The van der Waals surface area contributed by atoms with Crippen LogP contribution in [0.2, 0.25) is 0 Å². The van der Waals surface area contributed by atoms with Crippen LogP contribution >= 0.6 is 0 Å². The van der Waals surface area contributed by atoms with Crippen LogP contribution in [0.4, 0.5) is 24.7 Å². The molecule has 4 aromatic rings. The molecular formula is C27H25F3N4O6S2. The normalized spacial score (nSPS) is 12.2. The minimum Gasteiger partial charge on any atom is -0.289 e. The van der Waals surface area contributed by atoms with Crippen molar-refractivity contribution in [2.45, 2.75) is 29.8 Å². The number of rotatable bonds is 9. The number of halogens is 3. The Labute approximate surface area is 240 Å². The molecule has 0 aliphatic rings. The van der Waals surface area contributed by atoms with Crippen LogP contribution in [0, 0.1) is 13.8 Å². The van der Waals surface area contributed by atoms with Crippen LogP contribution in [-0.4, -0.2) is 52.2 Å². The second kappa shape index (κ2) is 11.6. The number of aromatic nitrogens is 1. The second-order valence-corrected chi connectivity index (χ2v) is 13.0. The van der Waals surface area contributed by atoms with Crippen molar-refractivity contribution in [2.24, 2.45) is 0 Å². The zero-order valence-electron chi connectivity index (χ0n) is 22.2. The standard InChI is InChI=1S/C27H25F3N4O6S2/c1-18-7-11-20(12-8-18)41(37,38)33(16-25(35)32-36)26-23-6-4-3-5-22(23)24(15-31-26)34(17-27(28,29)30)42(39,40)21-13-9-19(2)10-14-21/h3-15,36H,16-17H2,1-2H3,(H,32,35). The first-order valence-electron chi connectivity index (χ1n) is 12.2. The van der Waals surface area contributed by atoms with Gasteiger partial charge in [-0.05, 0) is 38.1 Å². The van der Waals surface area contributed by atoms with Gasteiger partial charge in [0.2, 0.25) is 0 Å². The maximum absolute atomic E-state index is 13.8. The number of nitrogens with one attached hydrogen (secondary N) is 1. The summed E-state index contributed by atoms with van der Waals surface area (Å²) in [7, 11) is -9.30. The van der Waals surface area contributed by atoms with Crippen molar-refractivity contribution in [3.63, 3.8) is 0 Å². The zero-order chi connectivity index (χ0) is 30.9. The van der Waals surface area contributed by atoms with Crippen molar-refractivity contribution < 1.29 is 40.0 Å². The molecule has 0 bridgehead atoms. The first-order valence-corrected chi connectivity index (χ1v) is 15.1. The van der Waals surface area contributed by atoms with Gasteiger partial charge in [0.15, 0.2) is 5.82 Å². The molecule has 1 heterocycles. The summed E-state index contributed by atoms with van der Waals surface area (Å²) >= 11 is 0. The largest absolute Gasteiger partial charge is 0.407 e. The lowest BCUT2D eigenvalue weighted by Gasteiger charge is -2.28. The van der Waals surface area contributed by atoms with E-state index in [1.165, 1.54) is 78.3 Å². The van der Waals surface area contributed by atoms with E-state index in [0.717, 1.165) is 11.8 Å². The highest BCUT2D eigenvalue weighted by atomic mass is 32.2. The van der Waals surface area contributed by atoms with Gasteiger partial charge >= 0.3 is 6.18 Å². The Morgan fingerprint density at radius 3 is 1.76 bits per heavy atom. The quantitative estimate of drug-likeness (QED) is 0.210. The number of sulfonamides is 2. The molecule has 0 atom stereocenters. The van der Waals surface area contributed by atoms with Crippen molar-refractivity contribution in [3.05, 3.63) is 90.1 Å². The van der Waals surface area contributed by atoms with Crippen LogP contribution in [0.3, 0.4) is 0 Å². The molecule has 2 N–H and O–H groups in total. The molecule has 1 aromatic heterocycles. The third-order valence-corrected chi connectivity index (χ3v) is 9.73. The number of nitrogens with zero attached hydrogens (tertiary/aromatic N) is 3. The third kappa shape index (κ3) is 6.32. The van der Waals surface area contributed by atoms with Crippen molar-refractivity contribution in [1.29, 1.82) is 0 Å². The van der Waals surface area contributed by atoms with E-state index in [4.69, 9.17) is 5.21 Å². The van der Waals surface area contributed by atoms with Crippen molar-refractivity contribution in [2.75, 3.05) is 21.7 Å². The lowest BCUT2D eigenvalue weighted by atomic mass is 10.1. The number of amides is 1. The summed E-state index contributed by atoms with van der Waals surface area (Å²) in [6.45, 7) is 0.579. The highest BCUT2D eigenvalue weighted by Gasteiger charge is 2.39. The summed E-state index contributed by atoms with van der Waals surface area (Å²) in [5.74, 6) is -1.50. The van der Waals surface area contributed by atoms with Gasteiger partial charge in [-0.1, -0.05) is 59.7 Å². The lowest BCUT2D eigenvalue weighted by Crippen LogP contribution is -2.41. The summed E-state index contributed by atoms with van der Waals surface area (Å²) < 4.78 is 96.6. The van der Waals surface area contributed by atoms with Gasteiger partial charge in [-0.15, -0.1) is 0 Å². The van der Waals surface area contributed by atoms with Crippen LogP contribution in [0.5, 0.6) is 0 Å². The minimum absolute atomic E-state index is 0.0669. The topological polar surface area (TPSA) is 137 Å². The summed E-state index contributed by atoms with van der Waals surface area (Å²) in [5.41, 5.74) is 2.33. The molecule has 10 nitrogen and oxygen atoms in total. The number of hydrogen-bond acceptors (Lipinski definition) is 7. The minimum atomic E-state index is -4.96. The summed E-state index contributed by atoms with van der Waals surface area (Å²) in [5, 5.41) is 8.98. The van der Waals surface area contributed by atoms with Crippen molar-refractivity contribution >= 4 is 48.2 Å². The van der Waals surface area contributed by atoms with Crippen molar-refractivity contribution in [1.82, 2.24) is 10.5 Å². The molecule has 42 heavy (non-hydrogen) atoms. The predicted molar refractivity (Wildman–Crippen MR) is 149 cm³/mol. The van der Waals surface area contributed by atoms with E-state index in [2.05, 4.69) is 4.98 Å². The number of aryl methyl sites for hydroxylation is 2. The Bertz CT molecular complexity index is 1830. The number of anilines is 2. The average Bonchev–Trinajstić information content (AvgIpc) is 2.94. The van der Waals surface area contributed by atoms with Gasteiger partial charge in [-0.3, -0.25) is 14.3 Å². The van der Waals surface area contributed by atoms with E-state index >= 15 is 0 Å². The third-order valence-electron chi connectivity index (χ3n) is 6.21. The van der Waals surface area contributed by atoms with Gasteiger partial charge in [-0.25, -0.2) is 31.6 Å². The van der Waals surface area contributed by atoms with Crippen molar-refractivity contribution in [3.8, 4) is 0 Å². The number of hydroxylamine groups is 1. The number of fused-ring (bicyclic) bond motifs is 1. The van der Waals surface area contributed by atoms with Crippen LogP contribution in [0.15, 0.2) is 88.8 Å². The molecule has 0 radical (unpaired) electrons. The molecular weight excluding hydrogens is 597 g/mol. The molecule has 222 valence electrons. The number of carbonyl (C=O) groups excluding carboxylic acids is 1. The lowest BCUT2D eigenvalue weighted by molar-refractivity contribution is -0.127. The molecule has 0 aliphatic heterocycles. The van der Waals surface area contributed by atoms with Gasteiger partial charge in [0, 0.05) is 10.8 Å². The fourth-order valence-electron chi connectivity index (χ4n) is 4.14. The van der Waals surface area contributed by atoms with Crippen LogP contribution in [0.25, 0.3) is 10.8 Å². The fraction of sp³-hybridized carbons (Fsp3) is 0.185. The molecule has 3 aromatic carbocycles. The summed E-state index contributed by atoms with van der Waals surface area (Å²) in [6.07, 6.45) is -4.15. The first kappa shape index (κ1) is 30.7. The van der Waals surface area contributed by atoms with Crippen LogP contribution in [0.1, 0.15) is 11.1 Å². The SMILES string of the molecule is Cc1ccc(S(=O)(=O)N(CC(F)(F)F)c2cnc(N(CC(=O)NO)S(=O)(=O)c3ccc(C)cc3)c3ccccc23)cc1. The molecule has 0 aliphatic carbocycles. The van der Waals surface area contributed by atoms with Crippen LogP contribution in [-0.2, 0) is 24.8 Å². The molecule has 0 spiro atoms. The predicted octanol–water partition coefficient (Wildman–Crippen LogP) is 4.31. The van der Waals surface area contributed by atoms with E-state index in [-0.39, 0.29) is 25.8 Å². The van der Waals surface area contributed by atoms with Gasteiger partial charge in [0.1, 0.15) is 13.1 Å². The summed E-state index contributed by atoms with van der Waals surface area (Å²) in [6, 6.07) is 16.4. The number of pyridine rings is 1. The van der Waals surface area contributed by atoms with E-state index in [1.54, 1.807) is 13.8 Å². The van der Waals surface area contributed by atoms with Gasteiger partial charge in [-0.2, -0.15) is 13.2 Å². The Morgan fingerprint density at radius 1 is 0.810 bits per heavy atom. The maximum Gasteiger partial charge on any atom is 0.407 e. The average molecular weight is 623 g/mol. The molecule has 0 fully saturated rings. The number of alkyl halides is 3. The van der Waals surface area contributed by atoms with E-state index in [1.807, 2.05) is 0 Å². The zero-order valence-corrected chi connectivity index (χ0v) is 23.8. The molecule has 4 rings (SSSR count). The Kier molecular flexibility index (Phi) is 8.48. The smallest absolute Gasteiger partial charge is 0.289 e. The fourth-order valence-corrected chi connectivity index (χ4v) is 6.99. The molecule has 15 heteroatoms. The monoisotopic (exact) mass is 622 g/mol. The highest BCUT2D eigenvalue weighted by molar-refractivity contribution is 7.93. The molecule has 0 saturated heterocycles. The van der Waals surface area contributed by atoms with Gasteiger partial charge < -0.3 is 0 Å². The van der Waals surface area contributed by atoms with Crippen LogP contribution < -0.4 is 14.1 Å². The molecule has 0 saturated carbocycles. The number of hydrogen-bond donors (Lipinski definition) is 2. The highest BCUT2D eigenvalue weighted by Crippen LogP contribution is 2.38. The maximum atomic E-state index is 13.8. The van der Waals surface area contributed by atoms with E-state index in [9.17, 15) is 34.8 Å². The van der Waals surface area contributed by atoms with Gasteiger partial charge in [0.05, 0.1) is 21.7 Å². The van der Waals surface area contributed by atoms with E-state index in [0.29, 0.717) is 9.87 Å².